The molecule has 0 heterocycles. The molecule has 0 spiro atoms. The molecule has 37 heavy (non-hydrogen) atoms. The van der Waals surface area contributed by atoms with Gasteiger partial charge in [0.1, 0.15) is 12.2 Å². The van der Waals surface area contributed by atoms with Gasteiger partial charge in [-0.1, -0.05) is 97.9 Å². The van der Waals surface area contributed by atoms with Gasteiger partial charge < -0.3 is 28.8 Å². The second kappa shape index (κ2) is 17.8. The first kappa shape index (κ1) is 29.0. The topological polar surface area (TPSA) is 66.4 Å². The maximum Gasteiger partial charge on any atom is 0.105 e. The van der Waals surface area contributed by atoms with Crippen LogP contribution in [0.15, 0.2) is 91.0 Å². The Morgan fingerprint density at radius 3 is 1.27 bits per heavy atom. The summed E-state index contributed by atoms with van der Waals surface area (Å²) in [7, 11) is 0. The van der Waals surface area contributed by atoms with Gasteiger partial charge in [0.05, 0.1) is 59.0 Å². The fraction of sp³-hybridized carbons (Fsp3) is 0.419. The van der Waals surface area contributed by atoms with Gasteiger partial charge in [-0.3, -0.25) is 0 Å². The minimum Gasteiger partial charge on any atom is -0.394 e. The molecule has 0 aliphatic rings. The van der Waals surface area contributed by atoms with Gasteiger partial charge in [-0.15, -0.1) is 0 Å². The van der Waals surface area contributed by atoms with Crippen molar-refractivity contribution >= 4 is 0 Å². The van der Waals surface area contributed by atoms with E-state index in [1.165, 1.54) is 0 Å². The second-order valence-corrected chi connectivity index (χ2v) is 8.92. The van der Waals surface area contributed by atoms with Crippen LogP contribution in [0.4, 0.5) is 0 Å². The van der Waals surface area contributed by atoms with Crippen LogP contribution in [-0.4, -0.2) is 56.5 Å². The zero-order valence-electron chi connectivity index (χ0n) is 21.7. The summed E-state index contributed by atoms with van der Waals surface area (Å²) >= 11 is 0. The van der Waals surface area contributed by atoms with Gasteiger partial charge in [-0.25, -0.2) is 0 Å². The molecule has 3 aromatic rings. The van der Waals surface area contributed by atoms with Crippen LogP contribution in [0.25, 0.3) is 0 Å². The van der Waals surface area contributed by atoms with E-state index in [4.69, 9.17) is 23.7 Å². The van der Waals surface area contributed by atoms with Crippen LogP contribution in [0.2, 0.25) is 0 Å². The lowest BCUT2D eigenvalue weighted by Gasteiger charge is -2.22. The van der Waals surface area contributed by atoms with Crippen LogP contribution in [0, 0.1) is 0 Å². The predicted octanol–water partition coefficient (Wildman–Crippen LogP) is 5.18. The number of aliphatic hydroxyl groups excluding tert-OH is 1. The maximum absolute atomic E-state index is 9.71. The average molecular weight is 509 g/mol. The van der Waals surface area contributed by atoms with Crippen molar-refractivity contribution in [3.05, 3.63) is 108 Å². The third-order valence-corrected chi connectivity index (χ3v) is 5.86. The van der Waals surface area contributed by atoms with E-state index in [1.807, 2.05) is 78.9 Å². The summed E-state index contributed by atoms with van der Waals surface area (Å²) in [6.45, 7) is 4.89. The highest BCUT2D eigenvalue weighted by atomic mass is 16.6. The molecule has 0 saturated heterocycles. The lowest BCUT2D eigenvalue weighted by atomic mass is 10.2. The van der Waals surface area contributed by atoms with Gasteiger partial charge in [-0.2, -0.15) is 0 Å². The SMILES string of the molecule is CCC(COCC(COCC(CO)OCc1ccccc1)OCc1ccccc1)OCc1ccccc1. The van der Waals surface area contributed by atoms with Crippen LogP contribution >= 0.6 is 0 Å². The van der Waals surface area contributed by atoms with Crippen molar-refractivity contribution in [2.24, 2.45) is 0 Å². The van der Waals surface area contributed by atoms with E-state index >= 15 is 0 Å². The van der Waals surface area contributed by atoms with E-state index < -0.39 is 6.10 Å². The molecule has 0 radical (unpaired) electrons. The summed E-state index contributed by atoms with van der Waals surface area (Å²) in [6.07, 6.45) is 0.184. The Morgan fingerprint density at radius 1 is 0.514 bits per heavy atom. The fourth-order valence-electron chi connectivity index (χ4n) is 3.61. The van der Waals surface area contributed by atoms with E-state index in [2.05, 4.69) is 19.1 Å². The number of benzene rings is 3. The van der Waals surface area contributed by atoms with Crippen molar-refractivity contribution in [1.82, 2.24) is 0 Å². The predicted molar refractivity (Wildman–Crippen MR) is 144 cm³/mol. The smallest absolute Gasteiger partial charge is 0.105 e. The second-order valence-electron chi connectivity index (χ2n) is 8.92. The van der Waals surface area contributed by atoms with Crippen LogP contribution < -0.4 is 0 Å². The van der Waals surface area contributed by atoms with Crippen LogP contribution in [-0.2, 0) is 43.5 Å². The number of hydrogen-bond donors (Lipinski definition) is 1. The van der Waals surface area contributed by atoms with E-state index in [-0.39, 0.29) is 25.4 Å². The molecule has 0 fully saturated rings. The Labute approximate surface area is 221 Å². The zero-order chi connectivity index (χ0) is 26.0. The van der Waals surface area contributed by atoms with E-state index in [0.717, 1.165) is 23.1 Å². The summed E-state index contributed by atoms with van der Waals surface area (Å²) in [4.78, 5) is 0. The molecule has 3 unspecified atom stereocenters. The molecule has 6 nitrogen and oxygen atoms in total. The van der Waals surface area contributed by atoms with E-state index in [1.54, 1.807) is 0 Å². The van der Waals surface area contributed by atoms with Gasteiger partial charge in [0.15, 0.2) is 0 Å². The maximum atomic E-state index is 9.71. The molecule has 0 saturated carbocycles. The molecule has 3 rings (SSSR count). The number of aliphatic hydroxyl groups is 1. The third kappa shape index (κ3) is 12.0. The molecule has 0 aromatic heterocycles. The fourth-order valence-corrected chi connectivity index (χ4v) is 3.61. The van der Waals surface area contributed by atoms with Gasteiger partial charge >= 0.3 is 0 Å². The minimum absolute atomic E-state index is 0.000976. The van der Waals surface area contributed by atoms with Gasteiger partial charge in [0.25, 0.3) is 0 Å². The molecular formula is C31H40O6. The summed E-state index contributed by atoms with van der Waals surface area (Å²) in [5.41, 5.74) is 3.29. The zero-order valence-corrected chi connectivity index (χ0v) is 21.7. The number of hydrogen-bond acceptors (Lipinski definition) is 6. The molecule has 0 aliphatic heterocycles. The summed E-state index contributed by atoms with van der Waals surface area (Å²) in [6, 6.07) is 30.1. The molecule has 0 bridgehead atoms. The average Bonchev–Trinajstić information content (AvgIpc) is 2.96. The van der Waals surface area contributed by atoms with E-state index in [0.29, 0.717) is 39.6 Å². The monoisotopic (exact) mass is 508 g/mol. The van der Waals surface area contributed by atoms with Crippen molar-refractivity contribution in [3.8, 4) is 0 Å². The van der Waals surface area contributed by atoms with Gasteiger partial charge in [0.2, 0.25) is 0 Å². The normalized spacial score (nSPS) is 13.8. The number of ether oxygens (including phenoxy) is 5. The lowest BCUT2D eigenvalue weighted by molar-refractivity contribution is -0.105. The van der Waals surface area contributed by atoms with Crippen molar-refractivity contribution in [2.45, 2.75) is 51.5 Å². The summed E-state index contributed by atoms with van der Waals surface area (Å²) < 4.78 is 29.9. The van der Waals surface area contributed by atoms with Crippen LogP contribution in [0.3, 0.4) is 0 Å². The van der Waals surface area contributed by atoms with Crippen LogP contribution in [0.5, 0.6) is 0 Å². The number of rotatable bonds is 19. The van der Waals surface area contributed by atoms with Crippen LogP contribution in [0.1, 0.15) is 30.0 Å². The van der Waals surface area contributed by atoms with Crippen molar-refractivity contribution in [3.63, 3.8) is 0 Å². The third-order valence-electron chi connectivity index (χ3n) is 5.86. The van der Waals surface area contributed by atoms with E-state index in [9.17, 15) is 5.11 Å². The molecule has 200 valence electrons. The Bertz CT molecular complexity index is 880. The highest BCUT2D eigenvalue weighted by Crippen LogP contribution is 2.10. The van der Waals surface area contributed by atoms with Crippen molar-refractivity contribution in [2.75, 3.05) is 33.0 Å². The summed E-state index contributed by atoms with van der Waals surface area (Å²) in [5, 5.41) is 9.71. The molecule has 0 aliphatic carbocycles. The molecule has 1 N–H and O–H groups in total. The molecule has 3 aromatic carbocycles. The Hall–Kier alpha value is -2.58. The standard InChI is InChI=1S/C31H40O6/c1-2-29(35-19-26-12-6-3-7-13-26)22-33-24-31(37-21-28-16-10-5-11-17-28)25-34-23-30(18-32)36-20-27-14-8-4-9-15-27/h3-17,29-32H,2,18-25H2,1H3. The van der Waals surface area contributed by atoms with Crippen molar-refractivity contribution < 1.29 is 28.8 Å². The molecule has 3 atom stereocenters. The minimum atomic E-state index is -0.410. The first-order valence-corrected chi connectivity index (χ1v) is 13.0. The molecular weight excluding hydrogens is 468 g/mol. The molecule has 6 heteroatoms. The van der Waals surface area contributed by atoms with Crippen molar-refractivity contribution in [1.29, 1.82) is 0 Å². The van der Waals surface area contributed by atoms with Gasteiger partial charge in [0, 0.05) is 0 Å². The molecule has 0 amide bonds. The first-order chi connectivity index (χ1) is 18.3. The quantitative estimate of drug-likeness (QED) is 0.241. The largest absolute Gasteiger partial charge is 0.394 e. The lowest BCUT2D eigenvalue weighted by Crippen LogP contribution is -2.31. The Morgan fingerprint density at radius 2 is 0.865 bits per heavy atom. The first-order valence-electron chi connectivity index (χ1n) is 13.0. The highest BCUT2D eigenvalue weighted by Gasteiger charge is 2.16. The van der Waals surface area contributed by atoms with Gasteiger partial charge in [-0.05, 0) is 23.1 Å². The highest BCUT2D eigenvalue weighted by molar-refractivity contribution is 5.14. The Balaban J connectivity index is 1.43. The summed E-state index contributed by atoms with van der Waals surface area (Å²) in [5.74, 6) is 0. The Kier molecular flexibility index (Phi) is 13.9.